The van der Waals surface area contributed by atoms with Gasteiger partial charge in [0, 0.05) is 6.54 Å². The number of anilines is 1. The first kappa shape index (κ1) is 14.3. The lowest BCUT2D eigenvalue weighted by Crippen LogP contribution is -2.54. The monoisotopic (exact) mass is 278 g/mol. The first-order valence-electron chi connectivity index (χ1n) is 6.30. The molecule has 20 heavy (non-hydrogen) atoms. The van der Waals surface area contributed by atoms with Crippen LogP contribution < -0.4 is 15.4 Å². The van der Waals surface area contributed by atoms with Crippen molar-refractivity contribution in [2.75, 3.05) is 18.6 Å². The predicted octanol–water partition coefficient (Wildman–Crippen LogP) is 0.822. The van der Waals surface area contributed by atoms with Gasteiger partial charge in [-0.1, -0.05) is 6.07 Å². The Morgan fingerprint density at radius 1 is 1.45 bits per heavy atom. The fourth-order valence-electron chi connectivity index (χ4n) is 2.09. The number of fused-ring (bicyclic) bond motifs is 1. The molecule has 2 N–H and O–H groups in total. The highest BCUT2D eigenvalue weighted by molar-refractivity contribution is 6.05. The molecule has 0 spiro atoms. The van der Waals surface area contributed by atoms with Crippen molar-refractivity contribution < 1.29 is 19.1 Å². The number of rotatable bonds is 3. The Bertz CT molecular complexity index is 554. The Kier molecular flexibility index (Phi) is 3.67. The number of carbonyl (C=O) groups excluding carboxylic acids is 2. The third-order valence-electron chi connectivity index (χ3n) is 3.19. The van der Waals surface area contributed by atoms with E-state index in [0.717, 1.165) is 5.56 Å². The Balaban J connectivity index is 2.47. The summed E-state index contributed by atoms with van der Waals surface area (Å²) in [5.41, 5.74) is 5.99. The minimum Gasteiger partial charge on any atom is -0.476 e. The zero-order valence-electron chi connectivity index (χ0n) is 11.8. The molecule has 1 aromatic carbocycles. The third-order valence-corrected chi connectivity index (χ3v) is 3.19. The molecule has 0 radical (unpaired) electrons. The summed E-state index contributed by atoms with van der Waals surface area (Å²) in [6.45, 7) is 3.53. The summed E-state index contributed by atoms with van der Waals surface area (Å²) in [6, 6.07) is 5.35. The standard InChI is InChI=1S/C14H18N2O4/c1-14(2)13(18)16(8-12(17)19-3)10-6-9(7-15)4-5-11(10)20-14/h4-6H,7-8,15H2,1-3H3. The van der Waals surface area contributed by atoms with E-state index in [2.05, 4.69) is 4.74 Å². The van der Waals surface area contributed by atoms with E-state index < -0.39 is 11.6 Å². The van der Waals surface area contributed by atoms with Crippen molar-refractivity contribution in [2.24, 2.45) is 5.73 Å². The molecular weight excluding hydrogens is 260 g/mol. The molecule has 108 valence electrons. The second kappa shape index (κ2) is 5.13. The smallest absolute Gasteiger partial charge is 0.325 e. The minimum atomic E-state index is -1.02. The normalized spacial score (nSPS) is 16.4. The van der Waals surface area contributed by atoms with Crippen molar-refractivity contribution >= 4 is 17.6 Å². The minimum absolute atomic E-state index is 0.150. The molecule has 0 saturated heterocycles. The summed E-state index contributed by atoms with van der Waals surface area (Å²) in [5, 5.41) is 0. The molecule has 1 aliphatic heterocycles. The summed E-state index contributed by atoms with van der Waals surface area (Å²) in [5.74, 6) is -0.222. The summed E-state index contributed by atoms with van der Waals surface area (Å²) >= 11 is 0. The first-order chi connectivity index (χ1) is 9.39. The van der Waals surface area contributed by atoms with Gasteiger partial charge in [-0.3, -0.25) is 14.5 Å². The third kappa shape index (κ3) is 2.46. The van der Waals surface area contributed by atoms with Crippen LogP contribution in [0.5, 0.6) is 5.75 Å². The number of nitrogens with zero attached hydrogens (tertiary/aromatic N) is 1. The number of amides is 1. The summed E-state index contributed by atoms with van der Waals surface area (Å²) in [6.07, 6.45) is 0. The largest absolute Gasteiger partial charge is 0.476 e. The maximum atomic E-state index is 12.4. The molecule has 1 heterocycles. The van der Waals surface area contributed by atoms with Crippen LogP contribution in [0, 0.1) is 0 Å². The molecule has 0 aliphatic carbocycles. The van der Waals surface area contributed by atoms with Gasteiger partial charge in [-0.05, 0) is 31.5 Å². The van der Waals surface area contributed by atoms with Crippen LogP contribution in [0.1, 0.15) is 19.4 Å². The average molecular weight is 278 g/mol. The summed E-state index contributed by atoms with van der Waals surface area (Å²) < 4.78 is 10.3. The van der Waals surface area contributed by atoms with E-state index in [-0.39, 0.29) is 12.5 Å². The van der Waals surface area contributed by atoms with Crippen molar-refractivity contribution in [3.8, 4) is 5.75 Å². The van der Waals surface area contributed by atoms with Crippen molar-refractivity contribution in [3.05, 3.63) is 23.8 Å². The van der Waals surface area contributed by atoms with Crippen LogP contribution >= 0.6 is 0 Å². The SMILES string of the molecule is COC(=O)CN1C(=O)C(C)(C)Oc2ccc(CN)cc21. The van der Waals surface area contributed by atoms with Crippen molar-refractivity contribution in [3.63, 3.8) is 0 Å². The number of benzene rings is 1. The van der Waals surface area contributed by atoms with E-state index in [1.165, 1.54) is 12.0 Å². The van der Waals surface area contributed by atoms with Crippen LogP contribution in [0.25, 0.3) is 0 Å². The zero-order valence-corrected chi connectivity index (χ0v) is 11.8. The van der Waals surface area contributed by atoms with Gasteiger partial charge in [0.1, 0.15) is 12.3 Å². The summed E-state index contributed by atoms with van der Waals surface area (Å²) in [4.78, 5) is 25.3. The van der Waals surface area contributed by atoms with Gasteiger partial charge in [-0.15, -0.1) is 0 Å². The molecule has 0 aromatic heterocycles. The number of hydrogen-bond acceptors (Lipinski definition) is 5. The lowest BCUT2D eigenvalue weighted by Gasteiger charge is -2.38. The topological polar surface area (TPSA) is 81.9 Å². The first-order valence-corrected chi connectivity index (χ1v) is 6.30. The predicted molar refractivity (Wildman–Crippen MR) is 73.4 cm³/mol. The van der Waals surface area contributed by atoms with Gasteiger partial charge in [-0.25, -0.2) is 0 Å². The fraction of sp³-hybridized carbons (Fsp3) is 0.429. The Labute approximate surface area is 117 Å². The molecule has 0 unspecified atom stereocenters. The van der Waals surface area contributed by atoms with E-state index in [0.29, 0.717) is 18.0 Å². The number of ether oxygens (including phenoxy) is 2. The van der Waals surface area contributed by atoms with E-state index in [4.69, 9.17) is 10.5 Å². The second-order valence-corrected chi connectivity index (χ2v) is 5.09. The van der Waals surface area contributed by atoms with Gasteiger partial charge in [-0.2, -0.15) is 0 Å². The Morgan fingerprint density at radius 3 is 2.75 bits per heavy atom. The lowest BCUT2D eigenvalue weighted by atomic mass is 10.0. The number of hydrogen-bond donors (Lipinski definition) is 1. The average Bonchev–Trinajstić information content (AvgIpc) is 2.43. The lowest BCUT2D eigenvalue weighted by molar-refractivity contribution is -0.142. The molecule has 0 bridgehead atoms. The summed E-state index contributed by atoms with van der Waals surface area (Å²) in [7, 11) is 1.29. The van der Waals surface area contributed by atoms with Crippen LogP contribution in [0.2, 0.25) is 0 Å². The van der Waals surface area contributed by atoms with Crippen molar-refractivity contribution in [2.45, 2.75) is 26.0 Å². The molecule has 6 nitrogen and oxygen atoms in total. The van der Waals surface area contributed by atoms with Crippen LogP contribution in [-0.4, -0.2) is 31.1 Å². The van der Waals surface area contributed by atoms with Crippen LogP contribution in [0.3, 0.4) is 0 Å². The number of nitrogens with two attached hydrogens (primary N) is 1. The van der Waals surface area contributed by atoms with E-state index in [9.17, 15) is 9.59 Å². The maximum absolute atomic E-state index is 12.4. The van der Waals surface area contributed by atoms with Gasteiger partial charge in [0.25, 0.3) is 5.91 Å². The molecule has 0 fully saturated rings. The second-order valence-electron chi connectivity index (χ2n) is 5.09. The fourth-order valence-corrected chi connectivity index (χ4v) is 2.09. The van der Waals surface area contributed by atoms with E-state index in [1.54, 1.807) is 26.0 Å². The molecule has 6 heteroatoms. The van der Waals surface area contributed by atoms with Gasteiger partial charge in [0.15, 0.2) is 5.60 Å². The maximum Gasteiger partial charge on any atom is 0.325 e. The van der Waals surface area contributed by atoms with Crippen LogP contribution in [-0.2, 0) is 20.9 Å². The molecule has 1 amide bonds. The number of methoxy groups -OCH3 is 1. The quantitative estimate of drug-likeness (QED) is 0.828. The van der Waals surface area contributed by atoms with Gasteiger partial charge in [0.05, 0.1) is 12.8 Å². The highest BCUT2D eigenvalue weighted by Crippen LogP contribution is 2.38. The zero-order chi connectivity index (χ0) is 14.9. The van der Waals surface area contributed by atoms with E-state index in [1.807, 2.05) is 6.07 Å². The number of carbonyl (C=O) groups is 2. The van der Waals surface area contributed by atoms with Crippen molar-refractivity contribution in [1.82, 2.24) is 0 Å². The molecule has 0 saturated carbocycles. The van der Waals surface area contributed by atoms with Crippen LogP contribution in [0.15, 0.2) is 18.2 Å². The van der Waals surface area contributed by atoms with Crippen molar-refractivity contribution in [1.29, 1.82) is 0 Å². The molecule has 1 aromatic rings. The molecule has 1 aliphatic rings. The number of esters is 1. The van der Waals surface area contributed by atoms with E-state index >= 15 is 0 Å². The highest BCUT2D eigenvalue weighted by Gasteiger charge is 2.41. The Hall–Kier alpha value is -2.08. The Morgan fingerprint density at radius 2 is 2.15 bits per heavy atom. The molecular formula is C14H18N2O4. The van der Waals surface area contributed by atoms with Gasteiger partial charge >= 0.3 is 5.97 Å². The highest BCUT2D eigenvalue weighted by atomic mass is 16.5. The molecule has 2 rings (SSSR count). The van der Waals surface area contributed by atoms with Crippen LogP contribution in [0.4, 0.5) is 5.69 Å². The molecule has 0 atom stereocenters. The van der Waals surface area contributed by atoms with Gasteiger partial charge < -0.3 is 15.2 Å². The van der Waals surface area contributed by atoms with Gasteiger partial charge in [0.2, 0.25) is 0 Å².